The molecule has 0 spiro atoms. The Balaban J connectivity index is 2.06. The number of benzene rings is 1. The van der Waals surface area contributed by atoms with Crippen molar-refractivity contribution >= 4 is 0 Å². The zero-order chi connectivity index (χ0) is 13.8. The average molecular weight is 255 g/mol. The quantitative estimate of drug-likeness (QED) is 0.901. The second-order valence-electron chi connectivity index (χ2n) is 5.35. The van der Waals surface area contributed by atoms with E-state index in [-0.39, 0.29) is 0 Å². The van der Waals surface area contributed by atoms with Crippen molar-refractivity contribution in [3.05, 3.63) is 65.0 Å². The first kappa shape index (κ1) is 13.8. The van der Waals surface area contributed by atoms with Crippen molar-refractivity contribution in [3.63, 3.8) is 0 Å². The van der Waals surface area contributed by atoms with Gasteiger partial charge in [-0.15, -0.1) is 0 Å². The van der Waals surface area contributed by atoms with E-state index in [2.05, 4.69) is 43.1 Å². The lowest BCUT2D eigenvalue weighted by Gasteiger charge is -2.12. The zero-order valence-electron chi connectivity index (χ0n) is 11.8. The SMILES string of the molecule is Cc1ccc(C(O)Cc2ccc(C(C)C)cc2)cn1. The Morgan fingerprint density at radius 3 is 2.16 bits per heavy atom. The summed E-state index contributed by atoms with van der Waals surface area (Å²) in [5.41, 5.74) is 4.32. The minimum atomic E-state index is -0.488. The molecular weight excluding hydrogens is 234 g/mol. The van der Waals surface area contributed by atoms with Crippen LogP contribution < -0.4 is 0 Å². The minimum Gasteiger partial charge on any atom is -0.388 e. The summed E-state index contributed by atoms with van der Waals surface area (Å²) in [4.78, 5) is 4.22. The highest BCUT2D eigenvalue weighted by molar-refractivity contribution is 5.26. The maximum absolute atomic E-state index is 10.2. The van der Waals surface area contributed by atoms with Crippen molar-refractivity contribution in [1.82, 2.24) is 4.98 Å². The van der Waals surface area contributed by atoms with Crippen LogP contribution in [0.5, 0.6) is 0 Å². The van der Waals surface area contributed by atoms with Gasteiger partial charge in [-0.2, -0.15) is 0 Å². The summed E-state index contributed by atoms with van der Waals surface area (Å²) in [5.74, 6) is 0.542. The van der Waals surface area contributed by atoms with Gasteiger partial charge in [0.1, 0.15) is 0 Å². The fourth-order valence-corrected chi connectivity index (χ4v) is 2.06. The lowest BCUT2D eigenvalue weighted by atomic mass is 9.98. The van der Waals surface area contributed by atoms with Crippen molar-refractivity contribution in [2.45, 2.75) is 39.2 Å². The van der Waals surface area contributed by atoms with Crippen LogP contribution in [0.25, 0.3) is 0 Å². The second-order valence-corrected chi connectivity index (χ2v) is 5.35. The Hall–Kier alpha value is -1.67. The van der Waals surface area contributed by atoms with Crippen LogP contribution in [0.1, 0.15) is 48.3 Å². The third-order valence-corrected chi connectivity index (χ3v) is 3.39. The lowest BCUT2D eigenvalue weighted by Crippen LogP contribution is -2.02. The van der Waals surface area contributed by atoms with E-state index in [0.29, 0.717) is 12.3 Å². The molecule has 0 aliphatic carbocycles. The van der Waals surface area contributed by atoms with Gasteiger partial charge in [0.15, 0.2) is 0 Å². The molecule has 0 aliphatic heterocycles. The Kier molecular flexibility index (Phi) is 4.33. The van der Waals surface area contributed by atoms with Crippen molar-refractivity contribution in [1.29, 1.82) is 0 Å². The van der Waals surface area contributed by atoms with Crippen molar-refractivity contribution < 1.29 is 5.11 Å². The van der Waals surface area contributed by atoms with Crippen LogP contribution in [0.4, 0.5) is 0 Å². The molecule has 0 amide bonds. The van der Waals surface area contributed by atoms with Crippen molar-refractivity contribution in [3.8, 4) is 0 Å². The fraction of sp³-hybridized carbons (Fsp3) is 0.353. The largest absolute Gasteiger partial charge is 0.388 e. The maximum atomic E-state index is 10.2. The molecule has 2 aromatic rings. The van der Waals surface area contributed by atoms with Crippen LogP contribution >= 0.6 is 0 Å². The summed E-state index contributed by atoms with van der Waals surface area (Å²) >= 11 is 0. The number of aromatic nitrogens is 1. The van der Waals surface area contributed by atoms with E-state index >= 15 is 0 Å². The van der Waals surface area contributed by atoms with Gasteiger partial charge in [0.05, 0.1) is 6.10 Å². The summed E-state index contributed by atoms with van der Waals surface area (Å²) in [6.45, 7) is 6.31. The van der Waals surface area contributed by atoms with E-state index in [9.17, 15) is 5.11 Å². The molecule has 0 aliphatic rings. The van der Waals surface area contributed by atoms with Gasteiger partial charge in [0, 0.05) is 18.3 Å². The van der Waals surface area contributed by atoms with Gasteiger partial charge >= 0.3 is 0 Å². The molecule has 100 valence electrons. The molecule has 0 saturated heterocycles. The molecule has 1 heterocycles. The highest BCUT2D eigenvalue weighted by atomic mass is 16.3. The molecule has 0 fully saturated rings. The van der Waals surface area contributed by atoms with E-state index in [4.69, 9.17) is 0 Å². The predicted molar refractivity (Wildman–Crippen MR) is 78.2 cm³/mol. The topological polar surface area (TPSA) is 33.1 Å². The van der Waals surface area contributed by atoms with Gasteiger partial charge in [-0.05, 0) is 35.6 Å². The van der Waals surface area contributed by atoms with Crippen LogP contribution in [0.2, 0.25) is 0 Å². The standard InChI is InChI=1S/C17H21NO/c1-12(2)15-8-5-14(6-9-15)10-17(19)16-7-4-13(3)18-11-16/h4-9,11-12,17,19H,10H2,1-3H3. The van der Waals surface area contributed by atoms with Crippen molar-refractivity contribution in [2.75, 3.05) is 0 Å². The molecule has 1 aromatic heterocycles. The third kappa shape index (κ3) is 3.65. The highest BCUT2D eigenvalue weighted by Gasteiger charge is 2.09. The van der Waals surface area contributed by atoms with E-state index in [1.165, 1.54) is 5.56 Å². The molecule has 0 bridgehead atoms. The van der Waals surface area contributed by atoms with Gasteiger partial charge < -0.3 is 5.11 Å². The Labute approximate surface area is 115 Å². The van der Waals surface area contributed by atoms with Gasteiger partial charge in [0.25, 0.3) is 0 Å². The second kappa shape index (κ2) is 5.98. The normalized spacial score (nSPS) is 12.7. The predicted octanol–water partition coefficient (Wildman–Crippen LogP) is 3.79. The maximum Gasteiger partial charge on any atom is 0.0845 e. The molecule has 2 nitrogen and oxygen atoms in total. The summed E-state index contributed by atoms with van der Waals surface area (Å²) in [5, 5.41) is 10.2. The van der Waals surface area contributed by atoms with Crippen LogP contribution in [0.3, 0.4) is 0 Å². The lowest BCUT2D eigenvalue weighted by molar-refractivity contribution is 0.178. The first-order valence-electron chi connectivity index (χ1n) is 6.75. The molecule has 1 unspecified atom stereocenters. The summed E-state index contributed by atoms with van der Waals surface area (Å²) in [6, 6.07) is 12.3. The van der Waals surface area contributed by atoms with Gasteiger partial charge in [-0.25, -0.2) is 0 Å². The van der Waals surface area contributed by atoms with Crippen LogP contribution in [-0.2, 0) is 6.42 Å². The number of pyridine rings is 1. The third-order valence-electron chi connectivity index (χ3n) is 3.39. The minimum absolute atomic E-state index is 0.488. The molecule has 2 heteroatoms. The Morgan fingerprint density at radius 1 is 1.00 bits per heavy atom. The first-order chi connectivity index (χ1) is 9.06. The van der Waals surface area contributed by atoms with E-state index < -0.39 is 6.10 Å². The smallest absolute Gasteiger partial charge is 0.0845 e. The first-order valence-corrected chi connectivity index (χ1v) is 6.75. The van der Waals surface area contributed by atoms with Gasteiger partial charge in [0.2, 0.25) is 0 Å². The van der Waals surface area contributed by atoms with Crippen LogP contribution in [0.15, 0.2) is 42.6 Å². The molecule has 0 saturated carbocycles. The molecule has 1 atom stereocenters. The number of aliphatic hydroxyl groups excluding tert-OH is 1. The highest BCUT2D eigenvalue weighted by Crippen LogP contribution is 2.20. The number of nitrogens with zero attached hydrogens (tertiary/aromatic N) is 1. The molecule has 1 aromatic carbocycles. The Bertz CT molecular complexity index is 514. The monoisotopic (exact) mass is 255 g/mol. The molecule has 1 N–H and O–H groups in total. The van der Waals surface area contributed by atoms with E-state index in [0.717, 1.165) is 16.8 Å². The summed E-state index contributed by atoms with van der Waals surface area (Å²) in [6.07, 6.45) is 1.89. The van der Waals surface area contributed by atoms with Gasteiger partial charge in [-0.3, -0.25) is 4.98 Å². The van der Waals surface area contributed by atoms with E-state index in [1.807, 2.05) is 19.1 Å². The zero-order valence-corrected chi connectivity index (χ0v) is 11.8. The van der Waals surface area contributed by atoms with Crippen LogP contribution in [-0.4, -0.2) is 10.1 Å². The van der Waals surface area contributed by atoms with Crippen LogP contribution in [0, 0.1) is 6.92 Å². The molecule has 0 radical (unpaired) electrons. The molecule has 2 rings (SSSR count). The number of hydrogen-bond acceptors (Lipinski definition) is 2. The summed E-state index contributed by atoms with van der Waals surface area (Å²) in [7, 11) is 0. The average Bonchev–Trinajstić information content (AvgIpc) is 2.40. The molecular formula is C17H21NO. The summed E-state index contributed by atoms with van der Waals surface area (Å²) < 4.78 is 0. The fourth-order valence-electron chi connectivity index (χ4n) is 2.06. The number of aliphatic hydroxyl groups is 1. The Morgan fingerprint density at radius 2 is 1.63 bits per heavy atom. The van der Waals surface area contributed by atoms with Gasteiger partial charge in [-0.1, -0.05) is 44.2 Å². The number of aryl methyl sites for hydroxylation is 1. The number of rotatable bonds is 4. The van der Waals surface area contributed by atoms with E-state index in [1.54, 1.807) is 6.20 Å². The van der Waals surface area contributed by atoms with Crippen molar-refractivity contribution in [2.24, 2.45) is 0 Å². The number of hydrogen-bond donors (Lipinski definition) is 1. The molecule has 19 heavy (non-hydrogen) atoms.